The summed E-state index contributed by atoms with van der Waals surface area (Å²) in [7, 11) is 0. The Morgan fingerprint density at radius 1 is 1.15 bits per heavy atom. The van der Waals surface area contributed by atoms with Crippen molar-refractivity contribution in [2.45, 2.75) is 27.3 Å². The smallest absolute Gasteiger partial charge is 0.256 e. The van der Waals surface area contributed by atoms with Crippen LogP contribution in [0.5, 0.6) is 0 Å². The van der Waals surface area contributed by atoms with Crippen molar-refractivity contribution in [3.05, 3.63) is 52.5 Å². The number of amides is 1. The van der Waals surface area contributed by atoms with Gasteiger partial charge in [0.05, 0.1) is 11.3 Å². The molecular formula is C20H24N4O2. The van der Waals surface area contributed by atoms with Gasteiger partial charge in [-0.2, -0.15) is 0 Å². The lowest BCUT2D eigenvalue weighted by Crippen LogP contribution is -2.48. The molecule has 0 bridgehead atoms. The normalized spacial score (nSPS) is 15.7. The van der Waals surface area contributed by atoms with Crippen molar-refractivity contribution in [1.82, 2.24) is 19.9 Å². The molecule has 1 aliphatic heterocycles. The molecule has 0 unspecified atom stereocenters. The van der Waals surface area contributed by atoms with Crippen LogP contribution in [0, 0.1) is 20.8 Å². The van der Waals surface area contributed by atoms with Gasteiger partial charge in [0, 0.05) is 54.9 Å². The second-order valence-electron chi connectivity index (χ2n) is 7.04. The van der Waals surface area contributed by atoms with Gasteiger partial charge in [-0.05, 0) is 26.8 Å². The molecule has 0 radical (unpaired) electrons. The van der Waals surface area contributed by atoms with E-state index in [9.17, 15) is 4.79 Å². The van der Waals surface area contributed by atoms with Gasteiger partial charge in [0.15, 0.2) is 0 Å². The number of aromatic nitrogens is 2. The number of aryl methyl sites for hydroxylation is 3. The molecule has 6 heteroatoms. The molecule has 3 aromatic rings. The Morgan fingerprint density at radius 3 is 2.58 bits per heavy atom. The van der Waals surface area contributed by atoms with E-state index in [4.69, 9.17) is 4.52 Å². The third kappa shape index (κ3) is 2.90. The number of benzene rings is 1. The lowest BCUT2D eigenvalue weighted by Gasteiger charge is -2.34. The highest BCUT2D eigenvalue weighted by Gasteiger charge is 2.26. The molecule has 1 N–H and O–H groups in total. The Morgan fingerprint density at radius 2 is 1.88 bits per heavy atom. The first-order chi connectivity index (χ1) is 12.5. The third-order valence-electron chi connectivity index (χ3n) is 5.33. The summed E-state index contributed by atoms with van der Waals surface area (Å²) in [4.78, 5) is 20.7. The summed E-state index contributed by atoms with van der Waals surface area (Å²) in [6, 6.07) is 7.99. The number of para-hydroxylation sites is 1. The van der Waals surface area contributed by atoms with E-state index in [1.54, 1.807) is 0 Å². The van der Waals surface area contributed by atoms with Gasteiger partial charge in [-0.3, -0.25) is 9.69 Å². The van der Waals surface area contributed by atoms with Gasteiger partial charge in [0.1, 0.15) is 5.76 Å². The van der Waals surface area contributed by atoms with Gasteiger partial charge in [-0.15, -0.1) is 0 Å². The largest absolute Gasteiger partial charge is 0.361 e. The van der Waals surface area contributed by atoms with Crippen LogP contribution in [0.4, 0.5) is 0 Å². The van der Waals surface area contributed by atoms with E-state index >= 15 is 0 Å². The second-order valence-corrected chi connectivity index (χ2v) is 7.04. The summed E-state index contributed by atoms with van der Waals surface area (Å²) in [5.74, 6) is 1.01. The molecule has 6 nitrogen and oxygen atoms in total. The lowest BCUT2D eigenvalue weighted by atomic mass is 10.1. The number of fused-ring (bicyclic) bond motifs is 1. The van der Waals surface area contributed by atoms with Crippen LogP contribution in [0.15, 0.2) is 28.8 Å². The van der Waals surface area contributed by atoms with Crippen LogP contribution < -0.4 is 0 Å². The van der Waals surface area contributed by atoms with Gasteiger partial charge in [0.25, 0.3) is 5.91 Å². The zero-order valence-corrected chi connectivity index (χ0v) is 15.5. The van der Waals surface area contributed by atoms with Crippen LogP contribution in [0.1, 0.15) is 33.1 Å². The van der Waals surface area contributed by atoms with E-state index in [0.29, 0.717) is 0 Å². The van der Waals surface area contributed by atoms with Gasteiger partial charge < -0.3 is 14.4 Å². The standard InChI is InChI=1S/C20H24N4O2/c1-13-17(15(3)26-22-13)12-23-8-10-24(11-9-23)20(25)19-14(2)21-18-7-5-4-6-16(18)19/h4-7,21H,8-12H2,1-3H3. The summed E-state index contributed by atoms with van der Waals surface area (Å²) < 4.78 is 5.25. The monoisotopic (exact) mass is 352 g/mol. The van der Waals surface area contributed by atoms with Crippen molar-refractivity contribution >= 4 is 16.8 Å². The predicted octanol–water partition coefficient (Wildman–Crippen LogP) is 3.04. The summed E-state index contributed by atoms with van der Waals surface area (Å²) in [6.45, 7) is 9.92. The van der Waals surface area contributed by atoms with E-state index in [0.717, 1.165) is 71.9 Å². The number of H-pyrrole nitrogens is 1. The minimum atomic E-state index is 0.122. The van der Waals surface area contributed by atoms with Crippen LogP contribution in [0.3, 0.4) is 0 Å². The fourth-order valence-corrected chi connectivity index (χ4v) is 3.77. The highest BCUT2D eigenvalue weighted by Crippen LogP contribution is 2.24. The molecule has 1 amide bonds. The SMILES string of the molecule is Cc1noc(C)c1CN1CCN(C(=O)c2c(C)[nH]c3ccccc23)CC1. The zero-order valence-electron chi connectivity index (χ0n) is 15.5. The average Bonchev–Trinajstić information content (AvgIpc) is 3.14. The van der Waals surface area contributed by atoms with E-state index in [2.05, 4.69) is 15.0 Å². The number of rotatable bonds is 3. The number of aromatic amines is 1. The predicted molar refractivity (Wildman–Crippen MR) is 100 cm³/mol. The third-order valence-corrected chi connectivity index (χ3v) is 5.33. The number of hydrogen-bond donors (Lipinski definition) is 1. The molecular weight excluding hydrogens is 328 g/mol. The molecule has 0 aliphatic carbocycles. The maximum atomic E-state index is 13.1. The summed E-state index contributed by atoms with van der Waals surface area (Å²) in [5.41, 5.74) is 4.88. The summed E-state index contributed by atoms with van der Waals surface area (Å²) >= 11 is 0. The fraction of sp³-hybridized carbons (Fsp3) is 0.400. The molecule has 3 heterocycles. The van der Waals surface area contributed by atoms with Crippen LogP contribution in [0.25, 0.3) is 10.9 Å². The summed E-state index contributed by atoms with van der Waals surface area (Å²) in [5, 5.41) is 5.04. The maximum Gasteiger partial charge on any atom is 0.256 e. The molecule has 1 fully saturated rings. The van der Waals surface area contributed by atoms with Crippen molar-refractivity contribution in [3.63, 3.8) is 0 Å². The van der Waals surface area contributed by atoms with E-state index in [1.807, 2.05) is 49.9 Å². The van der Waals surface area contributed by atoms with Crippen molar-refractivity contribution in [2.24, 2.45) is 0 Å². The van der Waals surface area contributed by atoms with Gasteiger partial charge in [-0.25, -0.2) is 0 Å². The Bertz CT molecular complexity index is 929. The number of nitrogens with zero attached hydrogens (tertiary/aromatic N) is 3. The van der Waals surface area contributed by atoms with E-state index in [1.165, 1.54) is 0 Å². The lowest BCUT2D eigenvalue weighted by molar-refractivity contribution is 0.0629. The number of carbonyl (C=O) groups is 1. The van der Waals surface area contributed by atoms with Crippen LogP contribution >= 0.6 is 0 Å². The Kier molecular flexibility index (Phi) is 4.28. The topological polar surface area (TPSA) is 65.4 Å². The number of piperazine rings is 1. The zero-order chi connectivity index (χ0) is 18.3. The molecule has 4 rings (SSSR count). The van der Waals surface area contributed by atoms with Gasteiger partial charge in [0.2, 0.25) is 0 Å². The van der Waals surface area contributed by atoms with Gasteiger partial charge >= 0.3 is 0 Å². The van der Waals surface area contributed by atoms with Crippen LogP contribution in [-0.4, -0.2) is 52.0 Å². The molecule has 1 aliphatic rings. The minimum absolute atomic E-state index is 0.122. The molecule has 0 atom stereocenters. The molecule has 0 spiro atoms. The van der Waals surface area contributed by atoms with Crippen LogP contribution in [-0.2, 0) is 6.54 Å². The quantitative estimate of drug-likeness (QED) is 0.787. The second kappa shape index (κ2) is 6.61. The van der Waals surface area contributed by atoms with E-state index in [-0.39, 0.29) is 5.91 Å². The maximum absolute atomic E-state index is 13.1. The molecule has 26 heavy (non-hydrogen) atoms. The van der Waals surface area contributed by atoms with Crippen molar-refractivity contribution in [1.29, 1.82) is 0 Å². The first-order valence-electron chi connectivity index (χ1n) is 9.05. The molecule has 136 valence electrons. The molecule has 1 saturated heterocycles. The average molecular weight is 352 g/mol. The Balaban J connectivity index is 1.46. The highest BCUT2D eigenvalue weighted by atomic mass is 16.5. The molecule has 2 aromatic heterocycles. The van der Waals surface area contributed by atoms with Crippen molar-refractivity contribution in [2.75, 3.05) is 26.2 Å². The van der Waals surface area contributed by atoms with Crippen molar-refractivity contribution < 1.29 is 9.32 Å². The van der Waals surface area contributed by atoms with Gasteiger partial charge in [-0.1, -0.05) is 23.4 Å². The molecule has 1 aromatic carbocycles. The van der Waals surface area contributed by atoms with E-state index < -0.39 is 0 Å². The number of nitrogens with one attached hydrogen (secondary N) is 1. The first-order valence-corrected chi connectivity index (χ1v) is 9.05. The number of hydrogen-bond acceptors (Lipinski definition) is 4. The summed E-state index contributed by atoms with van der Waals surface area (Å²) in [6.07, 6.45) is 0. The minimum Gasteiger partial charge on any atom is -0.361 e. The highest BCUT2D eigenvalue weighted by molar-refractivity contribution is 6.08. The Labute approximate surface area is 152 Å². The molecule has 0 saturated carbocycles. The first kappa shape index (κ1) is 16.8. The van der Waals surface area contributed by atoms with Crippen molar-refractivity contribution in [3.8, 4) is 0 Å². The number of carbonyl (C=O) groups excluding carboxylic acids is 1. The fourth-order valence-electron chi connectivity index (χ4n) is 3.77. The Hall–Kier alpha value is -2.60. The van der Waals surface area contributed by atoms with Crippen LogP contribution in [0.2, 0.25) is 0 Å².